The Morgan fingerprint density at radius 2 is 2.11 bits per heavy atom. The van der Waals surface area contributed by atoms with Crippen molar-refractivity contribution in [3.63, 3.8) is 0 Å². The molecule has 0 radical (unpaired) electrons. The van der Waals surface area contributed by atoms with Gasteiger partial charge in [0.2, 0.25) is 0 Å². The number of hydrogen-bond donors (Lipinski definition) is 1. The average molecular weight is 264 g/mol. The highest BCUT2D eigenvalue weighted by molar-refractivity contribution is 5.42. The van der Waals surface area contributed by atoms with Gasteiger partial charge in [-0.3, -0.25) is 0 Å². The molecule has 0 bridgehead atoms. The summed E-state index contributed by atoms with van der Waals surface area (Å²) in [5, 5.41) is 2.34. The molecule has 0 fully saturated rings. The van der Waals surface area contributed by atoms with E-state index in [1.807, 2.05) is 6.07 Å². The number of hydrogen-bond acceptors (Lipinski definition) is 2. The van der Waals surface area contributed by atoms with Crippen LogP contribution in [0.2, 0.25) is 0 Å². The number of rotatable bonds is 10. The quantitative estimate of drug-likeness (QED) is 0.520. The van der Waals surface area contributed by atoms with Crippen LogP contribution in [-0.4, -0.2) is 20.3 Å². The van der Waals surface area contributed by atoms with E-state index in [1.165, 1.54) is 31.4 Å². The van der Waals surface area contributed by atoms with Crippen molar-refractivity contribution < 1.29 is 14.8 Å². The molecule has 0 unspecified atom stereocenters. The smallest absolute Gasteiger partial charge is 0.161 e. The van der Waals surface area contributed by atoms with Crippen molar-refractivity contribution >= 4 is 0 Å². The highest BCUT2D eigenvalue weighted by Gasteiger charge is 2.06. The minimum Gasteiger partial charge on any atom is -0.493 e. The highest BCUT2D eigenvalue weighted by Crippen LogP contribution is 2.27. The Balaban J connectivity index is 2.48. The van der Waals surface area contributed by atoms with Gasteiger partial charge in [0, 0.05) is 5.56 Å². The molecule has 19 heavy (non-hydrogen) atoms. The fourth-order valence-corrected chi connectivity index (χ4v) is 1.91. The van der Waals surface area contributed by atoms with E-state index in [4.69, 9.17) is 9.47 Å². The average Bonchev–Trinajstić information content (AvgIpc) is 2.45. The fourth-order valence-electron chi connectivity index (χ4n) is 1.91. The molecular formula is C16H26NO2+. The Morgan fingerprint density at radius 3 is 2.79 bits per heavy atom. The molecule has 0 amide bonds. The number of methoxy groups -OCH3 is 1. The minimum atomic E-state index is 0.499. The summed E-state index contributed by atoms with van der Waals surface area (Å²) in [5.41, 5.74) is 1.26. The Morgan fingerprint density at radius 1 is 1.26 bits per heavy atom. The largest absolute Gasteiger partial charge is 0.493 e. The summed E-state index contributed by atoms with van der Waals surface area (Å²) < 4.78 is 10.9. The number of unbranched alkanes of at least 4 members (excludes halogenated alkanes) is 2. The number of nitrogens with two attached hydrogens (primary N) is 1. The van der Waals surface area contributed by atoms with Crippen LogP contribution < -0.4 is 14.8 Å². The van der Waals surface area contributed by atoms with Crippen molar-refractivity contribution in [1.29, 1.82) is 0 Å². The predicted octanol–water partition coefficient (Wildman–Crippen LogP) is 2.51. The summed E-state index contributed by atoms with van der Waals surface area (Å²) >= 11 is 0. The molecular weight excluding hydrogens is 238 g/mol. The Kier molecular flexibility index (Phi) is 7.75. The van der Waals surface area contributed by atoms with Gasteiger partial charge < -0.3 is 14.8 Å². The van der Waals surface area contributed by atoms with E-state index >= 15 is 0 Å². The van der Waals surface area contributed by atoms with Crippen LogP contribution in [-0.2, 0) is 6.54 Å². The van der Waals surface area contributed by atoms with E-state index in [2.05, 4.69) is 31.0 Å². The summed E-state index contributed by atoms with van der Waals surface area (Å²) in [6.45, 7) is 8.54. The topological polar surface area (TPSA) is 35.1 Å². The van der Waals surface area contributed by atoms with Gasteiger partial charge >= 0.3 is 0 Å². The molecule has 1 aromatic carbocycles. The lowest BCUT2D eigenvalue weighted by molar-refractivity contribution is -0.671. The van der Waals surface area contributed by atoms with Gasteiger partial charge in [0.25, 0.3) is 0 Å². The van der Waals surface area contributed by atoms with Crippen LogP contribution >= 0.6 is 0 Å². The van der Waals surface area contributed by atoms with Crippen molar-refractivity contribution in [3.8, 4) is 11.5 Å². The van der Waals surface area contributed by atoms with Crippen LogP contribution in [0.25, 0.3) is 0 Å². The van der Waals surface area contributed by atoms with Crippen molar-refractivity contribution in [2.75, 3.05) is 20.3 Å². The first-order chi connectivity index (χ1) is 9.31. The molecule has 0 heterocycles. The Labute approximate surface area is 116 Å². The Hall–Kier alpha value is -1.48. The van der Waals surface area contributed by atoms with Crippen LogP contribution in [0.3, 0.4) is 0 Å². The molecule has 106 valence electrons. The van der Waals surface area contributed by atoms with Crippen LogP contribution in [0.4, 0.5) is 0 Å². The minimum absolute atomic E-state index is 0.499. The standard InChI is InChI=1S/C16H25NO2/c1-4-6-7-10-17-13-14-8-9-15(19-11-5-2)16(12-14)18-3/h5,8-9,12,17H,2,4,6-7,10-11,13H2,1,3H3/p+1. The highest BCUT2D eigenvalue weighted by atomic mass is 16.5. The van der Waals surface area contributed by atoms with Crippen LogP contribution in [0, 0.1) is 0 Å². The van der Waals surface area contributed by atoms with Crippen molar-refractivity contribution in [2.45, 2.75) is 32.7 Å². The monoisotopic (exact) mass is 264 g/mol. The Bertz CT molecular complexity index is 377. The fraction of sp³-hybridized carbons (Fsp3) is 0.500. The molecule has 3 nitrogen and oxygen atoms in total. The number of quaternary nitrogens is 1. The van der Waals surface area contributed by atoms with E-state index < -0.39 is 0 Å². The number of benzene rings is 1. The lowest BCUT2D eigenvalue weighted by atomic mass is 10.2. The second kappa shape index (κ2) is 9.45. The van der Waals surface area contributed by atoms with E-state index in [9.17, 15) is 0 Å². The van der Waals surface area contributed by atoms with Gasteiger partial charge in [-0.15, -0.1) is 0 Å². The maximum absolute atomic E-state index is 5.54. The molecule has 1 aromatic rings. The molecule has 0 saturated heterocycles. The third-order valence-corrected chi connectivity index (χ3v) is 2.98. The predicted molar refractivity (Wildman–Crippen MR) is 78.7 cm³/mol. The van der Waals surface area contributed by atoms with Crippen molar-refractivity contribution in [2.24, 2.45) is 0 Å². The van der Waals surface area contributed by atoms with Gasteiger partial charge in [0.05, 0.1) is 13.7 Å². The van der Waals surface area contributed by atoms with E-state index in [0.717, 1.165) is 18.0 Å². The van der Waals surface area contributed by atoms with Gasteiger partial charge in [-0.25, -0.2) is 0 Å². The molecule has 0 aliphatic rings. The molecule has 2 N–H and O–H groups in total. The normalized spacial score (nSPS) is 10.2. The van der Waals surface area contributed by atoms with E-state index in [-0.39, 0.29) is 0 Å². The molecule has 0 saturated carbocycles. The summed E-state index contributed by atoms with van der Waals surface area (Å²) in [6, 6.07) is 6.11. The second-order valence-electron chi connectivity index (χ2n) is 4.57. The van der Waals surface area contributed by atoms with Crippen molar-refractivity contribution in [1.82, 2.24) is 0 Å². The molecule has 0 aromatic heterocycles. The third kappa shape index (κ3) is 5.79. The van der Waals surface area contributed by atoms with Gasteiger partial charge in [-0.2, -0.15) is 0 Å². The maximum Gasteiger partial charge on any atom is 0.161 e. The first-order valence-corrected chi connectivity index (χ1v) is 7.04. The molecule has 0 aliphatic heterocycles. The third-order valence-electron chi connectivity index (χ3n) is 2.98. The molecule has 1 rings (SSSR count). The van der Waals surface area contributed by atoms with E-state index in [1.54, 1.807) is 13.2 Å². The van der Waals surface area contributed by atoms with Crippen LogP contribution in [0.5, 0.6) is 11.5 Å². The molecule has 0 aliphatic carbocycles. The first kappa shape index (κ1) is 15.6. The van der Waals surface area contributed by atoms with Gasteiger partial charge in [0.1, 0.15) is 13.2 Å². The lowest BCUT2D eigenvalue weighted by Crippen LogP contribution is -2.82. The van der Waals surface area contributed by atoms with Crippen LogP contribution in [0.15, 0.2) is 30.9 Å². The summed E-state index contributed by atoms with van der Waals surface area (Å²) in [5.74, 6) is 1.57. The number of ether oxygens (including phenoxy) is 2. The molecule has 3 heteroatoms. The van der Waals surface area contributed by atoms with Gasteiger partial charge in [-0.05, 0) is 31.0 Å². The zero-order chi connectivity index (χ0) is 13.9. The zero-order valence-electron chi connectivity index (χ0n) is 12.2. The van der Waals surface area contributed by atoms with E-state index in [0.29, 0.717) is 6.61 Å². The lowest BCUT2D eigenvalue weighted by Gasteiger charge is -2.10. The summed E-state index contributed by atoms with van der Waals surface area (Å²) in [6.07, 6.45) is 5.61. The summed E-state index contributed by atoms with van der Waals surface area (Å²) in [7, 11) is 1.67. The van der Waals surface area contributed by atoms with Crippen LogP contribution in [0.1, 0.15) is 31.7 Å². The zero-order valence-corrected chi connectivity index (χ0v) is 12.2. The first-order valence-electron chi connectivity index (χ1n) is 7.04. The van der Waals surface area contributed by atoms with Gasteiger partial charge in [-0.1, -0.05) is 26.0 Å². The maximum atomic E-state index is 5.54. The molecule has 0 atom stereocenters. The molecule has 0 spiro atoms. The van der Waals surface area contributed by atoms with Crippen molar-refractivity contribution in [3.05, 3.63) is 36.4 Å². The SMILES string of the molecule is C=CCOc1ccc(C[NH2+]CCCCC)cc1OC. The second-order valence-corrected chi connectivity index (χ2v) is 4.57. The summed E-state index contributed by atoms with van der Waals surface area (Å²) in [4.78, 5) is 0. The van der Waals surface area contributed by atoms with Gasteiger partial charge in [0.15, 0.2) is 11.5 Å².